The van der Waals surface area contributed by atoms with Crippen molar-refractivity contribution in [2.75, 3.05) is 19.0 Å². The van der Waals surface area contributed by atoms with Gasteiger partial charge in [0.25, 0.3) is 0 Å². The summed E-state index contributed by atoms with van der Waals surface area (Å²) in [6, 6.07) is 3.69. The first-order valence-electron chi connectivity index (χ1n) is 4.39. The first-order chi connectivity index (χ1) is 6.65. The Morgan fingerprint density at radius 2 is 2.21 bits per heavy atom. The second-order valence-electron chi connectivity index (χ2n) is 3.03. The summed E-state index contributed by atoms with van der Waals surface area (Å²) in [5.41, 5.74) is 7.29. The van der Waals surface area contributed by atoms with Crippen LogP contribution in [0.3, 0.4) is 0 Å². The van der Waals surface area contributed by atoms with Crippen molar-refractivity contribution >= 4 is 21.6 Å². The van der Waals surface area contributed by atoms with E-state index in [0.717, 1.165) is 10.0 Å². The number of benzene rings is 1. The predicted octanol–water partition coefficient (Wildman–Crippen LogP) is 3.08. The number of nitrogen functional groups attached to an aromatic ring is 1. The third-order valence-electron chi connectivity index (χ3n) is 1.79. The van der Waals surface area contributed by atoms with Crippen LogP contribution in [0.15, 0.2) is 16.6 Å². The zero-order valence-electron chi connectivity index (χ0n) is 8.02. The van der Waals surface area contributed by atoms with E-state index in [4.69, 9.17) is 10.5 Å². The van der Waals surface area contributed by atoms with Crippen molar-refractivity contribution < 1.29 is 9.13 Å². The molecule has 0 aliphatic carbocycles. The standard InChI is InChI=1S/C10H13BrFNO/c1-7-5-8(11)6-9(13)10(7)14-4-2-3-12/h5-6H,2-4,13H2,1H3. The highest BCUT2D eigenvalue weighted by molar-refractivity contribution is 9.10. The number of ether oxygens (including phenoxy) is 1. The molecule has 0 aliphatic rings. The molecule has 0 saturated heterocycles. The minimum absolute atomic E-state index is 0.364. The quantitative estimate of drug-likeness (QED) is 0.668. The average molecular weight is 262 g/mol. The van der Waals surface area contributed by atoms with E-state index >= 15 is 0 Å². The molecule has 0 radical (unpaired) electrons. The van der Waals surface area contributed by atoms with Crippen LogP contribution in [0.4, 0.5) is 10.1 Å². The smallest absolute Gasteiger partial charge is 0.145 e. The zero-order valence-corrected chi connectivity index (χ0v) is 9.60. The van der Waals surface area contributed by atoms with Crippen LogP contribution in [0.2, 0.25) is 0 Å². The van der Waals surface area contributed by atoms with Crippen molar-refractivity contribution in [3.05, 3.63) is 22.2 Å². The number of halogens is 2. The van der Waals surface area contributed by atoms with Crippen LogP contribution in [0.25, 0.3) is 0 Å². The number of nitrogens with two attached hydrogens (primary N) is 1. The Labute approximate surface area is 91.4 Å². The van der Waals surface area contributed by atoms with Gasteiger partial charge >= 0.3 is 0 Å². The highest BCUT2D eigenvalue weighted by Crippen LogP contribution is 2.29. The van der Waals surface area contributed by atoms with Crippen molar-refractivity contribution in [1.29, 1.82) is 0 Å². The molecule has 0 saturated carbocycles. The summed E-state index contributed by atoms with van der Waals surface area (Å²) >= 11 is 3.33. The van der Waals surface area contributed by atoms with Crippen LogP contribution in [-0.4, -0.2) is 13.3 Å². The van der Waals surface area contributed by atoms with Gasteiger partial charge in [0.15, 0.2) is 0 Å². The molecule has 78 valence electrons. The van der Waals surface area contributed by atoms with Crippen molar-refractivity contribution in [2.45, 2.75) is 13.3 Å². The summed E-state index contributed by atoms with van der Waals surface area (Å²) in [6.07, 6.45) is 0.398. The summed E-state index contributed by atoms with van der Waals surface area (Å²) in [4.78, 5) is 0. The molecule has 2 N–H and O–H groups in total. The Bertz CT molecular complexity index is 294. The summed E-state index contributed by atoms with van der Waals surface area (Å²) < 4.78 is 18.1. The third kappa shape index (κ3) is 2.87. The van der Waals surface area contributed by atoms with Crippen LogP contribution >= 0.6 is 15.9 Å². The maximum atomic E-state index is 11.8. The molecule has 0 fully saturated rings. The lowest BCUT2D eigenvalue weighted by molar-refractivity contribution is 0.289. The van der Waals surface area contributed by atoms with Gasteiger partial charge in [0, 0.05) is 10.9 Å². The molecule has 4 heteroatoms. The highest BCUT2D eigenvalue weighted by atomic mass is 79.9. The summed E-state index contributed by atoms with van der Waals surface area (Å²) in [5.74, 6) is 0.654. The van der Waals surface area contributed by atoms with Gasteiger partial charge in [0.1, 0.15) is 5.75 Å². The van der Waals surface area contributed by atoms with Crippen molar-refractivity contribution in [3.63, 3.8) is 0 Å². The van der Waals surface area contributed by atoms with Gasteiger partial charge in [-0.15, -0.1) is 0 Å². The van der Waals surface area contributed by atoms with E-state index in [1.54, 1.807) is 6.07 Å². The summed E-state index contributed by atoms with van der Waals surface area (Å²) in [6.45, 7) is 1.91. The molecule has 2 nitrogen and oxygen atoms in total. The molecule has 0 bridgehead atoms. The molecule has 0 unspecified atom stereocenters. The molecule has 0 amide bonds. The first-order valence-corrected chi connectivity index (χ1v) is 5.19. The van der Waals surface area contributed by atoms with Gasteiger partial charge in [-0.3, -0.25) is 4.39 Å². The maximum Gasteiger partial charge on any atom is 0.145 e. The van der Waals surface area contributed by atoms with Crippen LogP contribution in [0, 0.1) is 6.92 Å². The minimum atomic E-state index is -0.366. The first kappa shape index (κ1) is 11.3. The molecule has 1 rings (SSSR count). The van der Waals surface area contributed by atoms with E-state index in [1.165, 1.54) is 0 Å². The minimum Gasteiger partial charge on any atom is -0.491 e. The fourth-order valence-electron chi connectivity index (χ4n) is 1.18. The molecule has 14 heavy (non-hydrogen) atoms. The lowest BCUT2D eigenvalue weighted by Gasteiger charge is -2.11. The summed E-state index contributed by atoms with van der Waals surface area (Å²) in [7, 11) is 0. The Hall–Kier alpha value is -0.770. The SMILES string of the molecule is Cc1cc(Br)cc(N)c1OCCCF. The summed E-state index contributed by atoms with van der Waals surface area (Å²) in [5, 5.41) is 0. The number of rotatable bonds is 4. The van der Waals surface area contributed by atoms with Crippen LogP contribution in [-0.2, 0) is 0 Å². The molecule has 0 spiro atoms. The lowest BCUT2D eigenvalue weighted by atomic mass is 10.2. The van der Waals surface area contributed by atoms with Crippen LogP contribution in [0.1, 0.15) is 12.0 Å². The van der Waals surface area contributed by atoms with Gasteiger partial charge in [0.2, 0.25) is 0 Å². The molecule has 0 atom stereocenters. The molecule has 1 aromatic rings. The molecule has 0 aromatic heterocycles. The molecule has 0 aliphatic heterocycles. The average Bonchev–Trinajstić information content (AvgIpc) is 2.09. The number of aryl methyl sites for hydroxylation is 1. The molecule has 1 aromatic carbocycles. The Morgan fingerprint density at radius 3 is 2.79 bits per heavy atom. The lowest BCUT2D eigenvalue weighted by Crippen LogP contribution is -2.02. The second kappa shape index (κ2) is 5.20. The topological polar surface area (TPSA) is 35.2 Å². The van der Waals surface area contributed by atoms with E-state index in [-0.39, 0.29) is 6.67 Å². The zero-order chi connectivity index (χ0) is 10.6. The number of hydrogen-bond donors (Lipinski definition) is 1. The van der Waals surface area contributed by atoms with E-state index in [2.05, 4.69) is 15.9 Å². The second-order valence-corrected chi connectivity index (χ2v) is 3.95. The Morgan fingerprint density at radius 1 is 1.50 bits per heavy atom. The number of alkyl halides is 1. The highest BCUT2D eigenvalue weighted by Gasteiger charge is 2.05. The van der Waals surface area contributed by atoms with E-state index in [0.29, 0.717) is 24.5 Å². The van der Waals surface area contributed by atoms with Crippen molar-refractivity contribution in [3.8, 4) is 5.75 Å². The maximum absolute atomic E-state index is 11.8. The molecular formula is C10H13BrFNO. The normalized spacial score (nSPS) is 10.2. The van der Waals surface area contributed by atoms with Gasteiger partial charge in [-0.1, -0.05) is 15.9 Å². The van der Waals surface area contributed by atoms with Crippen molar-refractivity contribution in [1.82, 2.24) is 0 Å². The fourth-order valence-corrected chi connectivity index (χ4v) is 1.77. The number of hydrogen-bond acceptors (Lipinski definition) is 2. The van der Waals surface area contributed by atoms with Gasteiger partial charge in [-0.2, -0.15) is 0 Å². The Balaban J connectivity index is 2.75. The monoisotopic (exact) mass is 261 g/mol. The van der Waals surface area contributed by atoms with E-state index in [1.807, 2.05) is 13.0 Å². The Kier molecular flexibility index (Phi) is 4.20. The largest absolute Gasteiger partial charge is 0.491 e. The number of anilines is 1. The third-order valence-corrected chi connectivity index (χ3v) is 2.25. The van der Waals surface area contributed by atoms with Gasteiger partial charge < -0.3 is 10.5 Å². The van der Waals surface area contributed by atoms with Gasteiger partial charge in [-0.25, -0.2) is 0 Å². The van der Waals surface area contributed by atoms with E-state index in [9.17, 15) is 4.39 Å². The van der Waals surface area contributed by atoms with E-state index < -0.39 is 0 Å². The van der Waals surface area contributed by atoms with Crippen LogP contribution in [0.5, 0.6) is 5.75 Å². The fraction of sp³-hybridized carbons (Fsp3) is 0.400. The van der Waals surface area contributed by atoms with Gasteiger partial charge in [-0.05, 0) is 24.6 Å². The molecule has 0 heterocycles. The molecular weight excluding hydrogens is 249 g/mol. The van der Waals surface area contributed by atoms with Crippen molar-refractivity contribution in [2.24, 2.45) is 0 Å². The van der Waals surface area contributed by atoms with Gasteiger partial charge in [0.05, 0.1) is 19.0 Å². The predicted molar refractivity (Wildman–Crippen MR) is 59.4 cm³/mol. The van der Waals surface area contributed by atoms with Crippen LogP contribution < -0.4 is 10.5 Å².